The summed E-state index contributed by atoms with van der Waals surface area (Å²) in [6, 6.07) is 5.90. The number of halogens is 5. The third-order valence-electron chi connectivity index (χ3n) is 5.47. The molecule has 2 aliphatic rings. The van der Waals surface area contributed by atoms with Crippen molar-refractivity contribution in [3.05, 3.63) is 46.2 Å². The molecule has 2 heterocycles. The van der Waals surface area contributed by atoms with Crippen LogP contribution in [0.4, 0.5) is 13.2 Å². The molecule has 1 amide bonds. The molecular weight excluding hydrogens is 498 g/mol. The molecule has 12 heteroatoms. The maximum atomic E-state index is 13.1. The molecule has 1 aromatic heterocycles. The summed E-state index contributed by atoms with van der Waals surface area (Å²) in [7, 11) is 0. The van der Waals surface area contributed by atoms with Crippen molar-refractivity contribution in [2.75, 3.05) is 26.2 Å². The Balaban J connectivity index is 1.58. The fourth-order valence-corrected chi connectivity index (χ4v) is 3.94. The third-order valence-corrected chi connectivity index (χ3v) is 6.21. The van der Waals surface area contributed by atoms with Crippen LogP contribution in [0, 0.1) is 0 Å². The van der Waals surface area contributed by atoms with Gasteiger partial charge in [0.25, 0.3) is 5.91 Å². The van der Waals surface area contributed by atoms with Crippen molar-refractivity contribution in [3.8, 4) is 17.2 Å². The maximum Gasteiger partial charge on any atom is 0.491 e. The van der Waals surface area contributed by atoms with E-state index >= 15 is 0 Å². The molecule has 0 radical (unpaired) electrons. The van der Waals surface area contributed by atoms with Gasteiger partial charge in [-0.1, -0.05) is 23.2 Å². The monoisotopic (exact) mass is 517 g/mol. The van der Waals surface area contributed by atoms with Gasteiger partial charge in [-0.2, -0.15) is 13.2 Å². The molecule has 0 bridgehead atoms. The Labute approximate surface area is 203 Å². The normalized spacial score (nSPS) is 17.3. The molecular formula is C22H20Cl2F3N3O4. The van der Waals surface area contributed by atoms with Crippen molar-refractivity contribution < 1.29 is 32.2 Å². The van der Waals surface area contributed by atoms with Crippen LogP contribution in [0.15, 0.2) is 30.5 Å². The number of amides is 1. The number of benzene rings is 1. The van der Waals surface area contributed by atoms with Gasteiger partial charge < -0.3 is 14.4 Å². The van der Waals surface area contributed by atoms with Gasteiger partial charge in [0.2, 0.25) is 0 Å². The van der Waals surface area contributed by atoms with E-state index in [9.17, 15) is 22.8 Å². The Morgan fingerprint density at radius 3 is 2.44 bits per heavy atom. The molecule has 2 fully saturated rings. The number of ether oxygens (including phenoxy) is 2. The number of carbonyl (C=O) groups excluding carboxylic acids is 2. The van der Waals surface area contributed by atoms with E-state index in [0.29, 0.717) is 25.7 Å². The first kappa shape index (κ1) is 24.6. The van der Waals surface area contributed by atoms with Crippen LogP contribution in [0.25, 0.3) is 0 Å². The molecule has 1 aromatic carbocycles. The van der Waals surface area contributed by atoms with E-state index in [4.69, 9.17) is 27.9 Å². The van der Waals surface area contributed by atoms with Crippen LogP contribution in [-0.4, -0.2) is 65.1 Å². The minimum absolute atomic E-state index is 0.0595. The highest BCUT2D eigenvalue weighted by Crippen LogP contribution is 2.33. The summed E-state index contributed by atoms with van der Waals surface area (Å²) in [6.45, 7) is 2.31. The molecule has 4 rings (SSSR count). The molecule has 1 aliphatic carbocycles. The quantitative estimate of drug-likeness (QED) is 0.522. The summed E-state index contributed by atoms with van der Waals surface area (Å²) < 4.78 is 48.7. The zero-order valence-electron chi connectivity index (χ0n) is 17.8. The lowest BCUT2D eigenvalue weighted by atomic mass is 10.2. The van der Waals surface area contributed by atoms with E-state index in [1.165, 1.54) is 23.1 Å². The molecule has 0 unspecified atom stereocenters. The Morgan fingerprint density at radius 1 is 1.00 bits per heavy atom. The van der Waals surface area contributed by atoms with Crippen molar-refractivity contribution in [2.45, 2.75) is 31.5 Å². The largest absolute Gasteiger partial charge is 0.491 e. The Bertz CT molecular complexity index is 1100. The summed E-state index contributed by atoms with van der Waals surface area (Å²) >= 11 is 11.8. The molecule has 1 saturated carbocycles. The zero-order valence-corrected chi connectivity index (χ0v) is 19.3. The van der Waals surface area contributed by atoms with Crippen LogP contribution in [0.2, 0.25) is 10.0 Å². The second-order valence-electron chi connectivity index (χ2n) is 8.00. The standard InChI is InChI=1S/C22H20Cl2F3N3O4/c23-16-5-4-14(10-17(16)24)33-15-11-18(34-21(32)22(25,26)27)19(28-12-15)20(31)30-7-1-6-29(8-9-30)13-2-3-13/h4-5,10-13H,1-3,6-9H2. The lowest BCUT2D eigenvalue weighted by Crippen LogP contribution is -2.37. The molecule has 34 heavy (non-hydrogen) atoms. The first-order valence-corrected chi connectivity index (χ1v) is 11.3. The molecule has 2 aromatic rings. The van der Waals surface area contributed by atoms with Gasteiger partial charge in [0.15, 0.2) is 11.4 Å². The molecule has 0 N–H and O–H groups in total. The van der Waals surface area contributed by atoms with Gasteiger partial charge in [0.1, 0.15) is 11.5 Å². The van der Waals surface area contributed by atoms with E-state index in [1.54, 1.807) is 0 Å². The highest BCUT2D eigenvalue weighted by molar-refractivity contribution is 6.42. The zero-order chi connectivity index (χ0) is 24.5. The van der Waals surface area contributed by atoms with E-state index < -0.39 is 29.5 Å². The fraction of sp³-hybridized carbons (Fsp3) is 0.409. The lowest BCUT2D eigenvalue weighted by Gasteiger charge is -2.22. The Hall–Kier alpha value is -2.56. The minimum Gasteiger partial charge on any atom is -0.456 e. The van der Waals surface area contributed by atoms with E-state index in [2.05, 4.69) is 14.6 Å². The smallest absolute Gasteiger partial charge is 0.456 e. The number of hydrogen-bond donors (Lipinski definition) is 0. The SMILES string of the molecule is O=C(c1ncc(Oc2ccc(Cl)c(Cl)c2)cc1OC(=O)C(F)(F)F)N1CCCN(C2CC2)CC1. The van der Waals surface area contributed by atoms with E-state index in [1.807, 2.05) is 0 Å². The van der Waals surface area contributed by atoms with Crippen molar-refractivity contribution in [2.24, 2.45) is 0 Å². The number of nitrogens with zero attached hydrogens (tertiary/aromatic N) is 3. The van der Waals surface area contributed by atoms with E-state index in [-0.39, 0.29) is 21.5 Å². The van der Waals surface area contributed by atoms with Crippen molar-refractivity contribution in [1.29, 1.82) is 0 Å². The number of rotatable bonds is 5. The summed E-state index contributed by atoms with van der Waals surface area (Å²) in [6.07, 6.45) is -1.11. The molecule has 182 valence electrons. The van der Waals surface area contributed by atoms with Gasteiger partial charge >= 0.3 is 12.1 Å². The summed E-state index contributed by atoms with van der Waals surface area (Å²) in [4.78, 5) is 32.5. The molecule has 0 atom stereocenters. The number of hydrogen-bond acceptors (Lipinski definition) is 6. The minimum atomic E-state index is -5.26. The highest BCUT2D eigenvalue weighted by Gasteiger charge is 2.42. The highest BCUT2D eigenvalue weighted by atomic mass is 35.5. The van der Waals surface area contributed by atoms with Gasteiger partial charge in [0.05, 0.1) is 16.2 Å². The van der Waals surface area contributed by atoms with Gasteiger partial charge in [-0.05, 0) is 31.4 Å². The topological polar surface area (TPSA) is 72.0 Å². The Kier molecular flexibility index (Phi) is 7.20. The second kappa shape index (κ2) is 9.97. The number of carbonyl (C=O) groups is 2. The number of esters is 1. The van der Waals surface area contributed by atoms with Crippen LogP contribution in [0.3, 0.4) is 0 Å². The van der Waals surface area contributed by atoms with Gasteiger partial charge in [-0.15, -0.1) is 0 Å². The van der Waals surface area contributed by atoms with Gasteiger partial charge in [-0.25, -0.2) is 9.78 Å². The predicted octanol–water partition coefficient (Wildman–Crippen LogP) is 4.96. The van der Waals surface area contributed by atoms with Crippen LogP contribution in [0.5, 0.6) is 17.2 Å². The molecule has 0 spiro atoms. The summed E-state index contributed by atoms with van der Waals surface area (Å²) in [5.74, 6) is -3.57. The van der Waals surface area contributed by atoms with Crippen molar-refractivity contribution in [3.63, 3.8) is 0 Å². The molecule has 1 saturated heterocycles. The van der Waals surface area contributed by atoms with E-state index in [0.717, 1.165) is 38.1 Å². The van der Waals surface area contributed by atoms with Gasteiger partial charge in [-0.3, -0.25) is 9.69 Å². The van der Waals surface area contributed by atoms with Crippen LogP contribution >= 0.6 is 23.2 Å². The Morgan fingerprint density at radius 2 is 1.76 bits per heavy atom. The molecule has 7 nitrogen and oxygen atoms in total. The third kappa shape index (κ3) is 5.92. The summed E-state index contributed by atoms with van der Waals surface area (Å²) in [5.41, 5.74) is -0.404. The van der Waals surface area contributed by atoms with Crippen LogP contribution in [0.1, 0.15) is 29.8 Å². The number of pyridine rings is 1. The average molecular weight is 518 g/mol. The van der Waals surface area contributed by atoms with Crippen molar-refractivity contribution >= 4 is 35.1 Å². The maximum absolute atomic E-state index is 13.1. The number of alkyl halides is 3. The predicted molar refractivity (Wildman–Crippen MR) is 118 cm³/mol. The lowest BCUT2D eigenvalue weighted by molar-refractivity contribution is -0.189. The summed E-state index contributed by atoms with van der Waals surface area (Å²) in [5, 5.41) is 0.481. The van der Waals surface area contributed by atoms with Crippen molar-refractivity contribution in [1.82, 2.24) is 14.8 Å². The van der Waals surface area contributed by atoms with Crippen LogP contribution < -0.4 is 9.47 Å². The number of aromatic nitrogens is 1. The van der Waals surface area contributed by atoms with Gasteiger partial charge in [0, 0.05) is 44.4 Å². The molecule has 1 aliphatic heterocycles. The second-order valence-corrected chi connectivity index (χ2v) is 8.81. The first-order valence-electron chi connectivity index (χ1n) is 10.6. The van der Waals surface area contributed by atoms with Crippen LogP contribution in [-0.2, 0) is 4.79 Å². The average Bonchev–Trinajstić information content (AvgIpc) is 3.62. The fourth-order valence-electron chi connectivity index (χ4n) is 3.65. The first-order chi connectivity index (χ1) is 16.1.